The summed E-state index contributed by atoms with van der Waals surface area (Å²) in [4.78, 5) is 3.71. The van der Waals surface area contributed by atoms with Crippen LogP contribution in [0.3, 0.4) is 0 Å². The number of nitrogens with zero attached hydrogens (tertiary/aromatic N) is 2. The van der Waals surface area contributed by atoms with E-state index in [9.17, 15) is 8.78 Å². The third kappa shape index (κ3) is 1.50. The Morgan fingerprint density at radius 2 is 2.36 bits per heavy atom. The molecule has 0 aromatic carbocycles. The lowest BCUT2D eigenvalue weighted by molar-refractivity contribution is 0.0675. The first kappa shape index (κ1) is 8.46. The van der Waals surface area contributed by atoms with Gasteiger partial charge in [0.1, 0.15) is 11.0 Å². The van der Waals surface area contributed by atoms with Crippen LogP contribution < -0.4 is 0 Å². The molecule has 0 N–H and O–H groups in total. The number of hydrogen-bond donors (Lipinski definition) is 0. The summed E-state index contributed by atoms with van der Waals surface area (Å²) in [5, 5.41) is -0.0168. The van der Waals surface area contributed by atoms with Crippen molar-refractivity contribution in [1.82, 2.24) is 9.55 Å². The van der Waals surface area contributed by atoms with E-state index >= 15 is 0 Å². The van der Waals surface area contributed by atoms with E-state index in [2.05, 4.69) is 4.98 Å². The van der Waals surface area contributed by atoms with Gasteiger partial charge < -0.3 is 0 Å². The summed E-state index contributed by atoms with van der Waals surface area (Å²) in [6.07, 6.45) is 1.68. The van der Waals surface area contributed by atoms with Crippen LogP contribution in [0.4, 0.5) is 8.78 Å². The molecule has 0 fully saturated rings. The molecule has 0 saturated carbocycles. The maximum absolute atomic E-state index is 12.1. The van der Waals surface area contributed by atoms with E-state index < -0.39 is 6.55 Å². The van der Waals surface area contributed by atoms with Crippen LogP contribution in [0.5, 0.6) is 0 Å². The van der Waals surface area contributed by atoms with E-state index in [1.807, 2.05) is 0 Å². The van der Waals surface area contributed by atoms with E-state index in [0.29, 0.717) is 16.8 Å². The third-order valence-electron chi connectivity index (χ3n) is 1.34. The van der Waals surface area contributed by atoms with E-state index in [0.717, 1.165) is 0 Å². The molecule has 0 spiro atoms. The van der Waals surface area contributed by atoms with Crippen LogP contribution in [-0.2, 0) is 6.42 Å². The Balaban J connectivity index is 3.07. The van der Waals surface area contributed by atoms with Crippen molar-refractivity contribution in [2.75, 3.05) is 0 Å². The second-order valence-corrected chi connectivity index (χ2v) is 2.39. The molecule has 1 aromatic heterocycles. The summed E-state index contributed by atoms with van der Waals surface area (Å²) in [6.45, 7) is -0.850. The highest BCUT2D eigenvalue weighted by atomic mass is 35.5. The molecule has 1 aromatic rings. The molecule has 11 heavy (non-hydrogen) atoms. The number of alkyl halides is 2. The molecule has 62 valence electrons. The van der Waals surface area contributed by atoms with Gasteiger partial charge in [0.2, 0.25) is 0 Å². The van der Waals surface area contributed by atoms with E-state index in [-0.39, 0.29) is 5.15 Å². The van der Waals surface area contributed by atoms with E-state index in [4.69, 9.17) is 11.6 Å². The first-order valence-corrected chi connectivity index (χ1v) is 3.54. The molecule has 0 radical (unpaired) electrons. The zero-order valence-corrected chi connectivity index (χ0v) is 6.65. The van der Waals surface area contributed by atoms with Gasteiger partial charge in [-0.2, -0.15) is 8.78 Å². The van der Waals surface area contributed by atoms with Crippen LogP contribution >= 0.6 is 11.6 Å². The minimum Gasteiger partial charge on any atom is -0.260 e. The largest absolute Gasteiger partial charge is 0.321 e. The van der Waals surface area contributed by atoms with Gasteiger partial charge in [0.25, 0.3) is 0 Å². The van der Waals surface area contributed by atoms with Crippen LogP contribution in [0.1, 0.15) is 19.3 Å². The molecule has 0 saturated heterocycles. The maximum atomic E-state index is 12.1. The Labute approximate surface area is 67.8 Å². The van der Waals surface area contributed by atoms with Crippen molar-refractivity contribution in [2.45, 2.75) is 19.9 Å². The van der Waals surface area contributed by atoms with Crippen molar-refractivity contribution in [3.05, 3.63) is 17.2 Å². The minimum atomic E-state index is -2.60. The smallest absolute Gasteiger partial charge is 0.260 e. The van der Waals surface area contributed by atoms with E-state index in [1.54, 1.807) is 6.92 Å². The summed E-state index contributed by atoms with van der Waals surface area (Å²) in [5.41, 5.74) is 0. The molecule has 0 bridgehead atoms. The van der Waals surface area contributed by atoms with Crippen molar-refractivity contribution in [3.8, 4) is 0 Å². The highest BCUT2D eigenvalue weighted by Crippen LogP contribution is 2.20. The van der Waals surface area contributed by atoms with Crippen LogP contribution in [-0.4, -0.2) is 9.55 Å². The van der Waals surface area contributed by atoms with Gasteiger partial charge in [0.15, 0.2) is 0 Å². The summed E-state index contributed by atoms with van der Waals surface area (Å²) >= 11 is 5.44. The van der Waals surface area contributed by atoms with Gasteiger partial charge in [-0.1, -0.05) is 18.5 Å². The molecule has 0 unspecified atom stereocenters. The molecule has 0 aliphatic rings. The fourth-order valence-corrected chi connectivity index (χ4v) is 1.06. The Morgan fingerprint density at radius 1 is 1.73 bits per heavy atom. The highest BCUT2D eigenvalue weighted by Gasteiger charge is 2.14. The SMILES string of the molecule is CCc1ncc(Cl)n1C(F)F. The first-order chi connectivity index (χ1) is 5.16. The molecule has 0 aliphatic carbocycles. The molecule has 5 heteroatoms. The standard InChI is InChI=1S/C6H7ClF2N2/c1-2-5-10-3-4(7)11(5)6(8)9/h3,6H,2H2,1H3. The Morgan fingerprint density at radius 3 is 2.73 bits per heavy atom. The first-order valence-electron chi connectivity index (χ1n) is 3.16. The monoisotopic (exact) mass is 180 g/mol. The quantitative estimate of drug-likeness (QED) is 0.684. The van der Waals surface area contributed by atoms with Crippen molar-refractivity contribution in [2.24, 2.45) is 0 Å². The fourth-order valence-electron chi connectivity index (χ4n) is 0.843. The van der Waals surface area contributed by atoms with Crippen LogP contribution in [0.2, 0.25) is 5.15 Å². The topological polar surface area (TPSA) is 17.8 Å². The van der Waals surface area contributed by atoms with Gasteiger partial charge in [0.05, 0.1) is 6.20 Å². The Hall–Kier alpha value is -0.640. The van der Waals surface area contributed by atoms with Crippen molar-refractivity contribution >= 4 is 11.6 Å². The van der Waals surface area contributed by atoms with Crippen molar-refractivity contribution in [3.63, 3.8) is 0 Å². The lowest BCUT2D eigenvalue weighted by atomic mass is 10.5. The Kier molecular flexibility index (Phi) is 2.44. The van der Waals surface area contributed by atoms with Gasteiger partial charge >= 0.3 is 6.55 Å². The zero-order chi connectivity index (χ0) is 8.43. The number of aryl methyl sites for hydroxylation is 1. The molecular weight excluding hydrogens is 174 g/mol. The average molecular weight is 181 g/mol. The predicted molar refractivity (Wildman–Crippen MR) is 37.9 cm³/mol. The van der Waals surface area contributed by atoms with Gasteiger partial charge in [-0.3, -0.25) is 4.57 Å². The third-order valence-corrected chi connectivity index (χ3v) is 1.62. The van der Waals surface area contributed by atoms with Crippen molar-refractivity contribution in [1.29, 1.82) is 0 Å². The normalized spacial score (nSPS) is 11.0. The van der Waals surface area contributed by atoms with Gasteiger partial charge in [-0.25, -0.2) is 4.98 Å². The summed E-state index contributed by atoms with van der Waals surface area (Å²) in [7, 11) is 0. The highest BCUT2D eigenvalue weighted by molar-refractivity contribution is 6.29. The molecule has 0 atom stereocenters. The van der Waals surface area contributed by atoms with Gasteiger partial charge in [-0.05, 0) is 0 Å². The lowest BCUT2D eigenvalue weighted by Crippen LogP contribution is -2.03. The molecular formula is C6H7ClF2N2. The molecule has 0 amide bonds. The zero-order valence-electron chi connectivity index (χ0n) is 5.89. The second kappa shape index (κ2) is 3.17. The molecule has 2 nitrogen and oxygen atoms in total. The van der Waals surface area contributed by atoms with Gasteiger partial charge in [-0.15, -0.1) is 0 Å². The Bertz CT molecular complexity index is 247. The summed E-state index contributed by atoms with van der Waals surface area (Å²) in [5.74, 6) is 0.310. The summed E-state index contributed by atoms with van der Waals surface area (Å²) < 4.78 is 25.0. The maximum Gasteiger partial charge on any atom is 0.321 e. The number of aromatic nitrogens is 2. The number of rotatable bonds is 2. The predicted octanol–water partition coefficient (Wildman–Crippen LogP) is 2.49. The average Bonchev–Trinajstić information content (AvgIpc) is 2.30. The van der Waals surface area contributed by atoms with Gasteiger partial charge in [0, 0.05) is 6.42 Å². The molecule has 1 rings (SSSR count). The van der Waals surface area contributed by atoms with Crippen LogP contribution in [0.15, 0.2) is 6.20 Å². The second-order valence-electron chi connectivity index (χ2n) is 2.00. The fraction of sp³-hybridized carbons (Fsp3) is 0.500. The van der Waals surface area contributed by atoms with E-state index in [1.165, 1.54) is 6.20 Å². The minimum absolute atomic E-state index is 0.0168. The number of halogens is 3. The van der Waals surface area contributed by atoms with Crippen LogP contribution in [0, 0.1) is 0 Å². The van der Waals surface area contributed by atoms with Crippen molar-refractivity contribution < 1.29 is 8.78 Å². The number of imidazole rings is 1. The van der Waals surface area contributed by atoms with Crippen LogP contribution in [0.25, 0.3) is 0 Å². The molecule has 1 heterocycles. The molecule has 0 aliphatic heterocycles. The lowest BCUT2D eigenvalue weighted by Gasteiger charge is -2.04. The summed E-state index contributed by atoms with van der Waals surface area (Å²) in [6, 6.07) is 0. The number of hydrogen-bond acceptors (Lipinski definition) is 1.